The Balaban J connectivity index is 2.06. The molecule has 0 amide bonds. The first-order valence-corrected chi connectivity index (χ1v) is 6.86. The summed E-state index contributed by atoms with van der Waals surface area (Å²) in [5, 5.41) is 3.45. The molecule has 2 rings (SSSR count). The second-order valence-corrected chi connectivity index (χ2v) is 4.46. The summed E-state index contributed by atoms with van der Waals surface area (Å²) in [5.41, 5.74) is 3.41. The van der Waals surface area contributed by atoms with Crippen LogP contribution in [0.1, 0.15) is 18.1 Å². The number of ether oxygens (including phenoxy) is 2. The molecule has 0 atom stereocenters. The van der Waals surface area contributed by atoms with Gasteiger partial charge in [0.25, 0.3) is 0 Å². The van der Waals surface area contributed by atoms with E-state index in [4.69, 9.17) is 9.47 Å². The van der Waals surface area contributed by atoms with Crippen molar-refractivity contribution in [3.05, 3.63) is 59.7 Å². The predicted molar refractivity (Wildman–Crippen MR) is 82.1 cm³/mol. The van der Waals surface area contributed by atoms with Gasteiger partial charge in [0.15, 0.2) is 0 Å². The van der Waals surface area contributed by atoms with Crippen LogP contribution in [-0.4, -0.2) is 13.7 Å². The van der Waals surface area contributed by atoms with Crippen LogP contribution in [0.2, 0.25) is 0 Å². The molecule has 0 aliphatic rings. The lowest BCUT2D eigenvalue weighted by molar-refractivity contribution is 0.134. The molecule has 0 heterocycles. The van der Waals surface area contributed by atoms with E-state index in [9.17, 15) is 0 Å². The van der Waals surface area contributed by atoms with Crippen molar-refractivity contribution in [3.63, 3.8) is 0 Å². The molecule has 3 heteroatoms. The first-order valence-electron chi connectivity index (χ1n) is 6.86. The van der Waals surface area contributed by atoms with Gasteiger partial charge in [-0.2, -0.15) is 0 Å². The Hall–Kier alpha value is -2.00. The summed E-state index contributed by atoms with van der Waals surface area (Å²) in [7, 11) is 1.70. The SMILES string of the molecule is CCOCc1ccccc1NCc1ccccc1OC. The number of nitrogens with one attached hydrogen (secondary N) is 1. The molecule has 0 unspecified atom stereocenters. The number of para-hydroxylation sites is 2. The molecule has 0 fully saturated rings. The summed E-state index contributed by atoms with van der Waals surface area (Å²) < 4.78 is 10.9. The third-order valence-corrected chi connectivity index (χ3v) is 3.14. The number of rotatable bonds is 7. The van der Waals surface area contributed by atoms with E-state index in [2.05, 4.69) is 23.5 Å². The lowest BCUT2D eigenvalue weighted by atomic mass is 10.1. The van der Waals surface area contributed by atoms with Crippen LogP contribution in [0, 0.1) is 0 Å². The Morgan fingerprint density at radius 2 is 1.65 bits per heavy atom. The molecule has 0 spiro atoms. The largest absolute Gasteiger partial charge is 0.496 e. The van der Waals surface area contributed by atoms with E-state index in [-0.39, 0.29) is 0 Å². The van der Waals surface area contributed by atoms with Crippen molar-refractivity contribution >= 4 is 5.69 Å². The summed E-state index contributed by atoms with van der Waals surface area (Å²) in [6.45, 7) is 4.09. The Bertz CT molecular complexity index is 540. The number of anilines is 1. The predicted octanol–water partition coefficient (Wildman–Crippen LogP) is 3.84. The van der Waals surface area contributed by atoms with Crippen LogP contribution in [0.3, 0.4) is 0 Å². The van der Waals surface area contributed by atoms with E-state index in [1.807, 2.05) is 37.3 Å². The van der Waals surface area contributed by atoms with Crippen LogP contribution in [-0.2, 0) is 17.9 Å². The summed E-state index contributed by atoms with van der Waals surface area (Å²) in [5.74, 6) is 0.905. The number of benzene rings is 2. The highest BCUT2D eigenvalue weighted by molar-refractivity contribution is 5.51. The zero-order valence-corrected chi connectivity index (χ0v) is 12.1. The molecule has 0 aliphatic carbocycles. The molecule has 20 heavy (non-hydrogen) atoms. The van der Waals surface area contributed by atoms with Gasteiger partial charge in [0.1, 0.15) is 5.75 Å². The highest BCUT2D eigenvalue weighted by Crippen LogP contribution is 2.21. The maximum absolute atomic E-state index is 5.49. The third kappa shape index (κ3) is 3.75. The quantitative estimate of drug-likeness (QED) is 0.830. The second-order valence-electron chi connectivity index (χ2n) is 4.46. The van der Waals surface area contributed by atoms with E-state index >= 15 is 0 Å². The molecule has 0 saturated heterocycles. The van der Waals surface area contributed by atoms with Crippen LogP contribution < -0.4 is 10.1 Å². The van der Waals surface area contributed by atoms with Gasteiger partial charge in [-0.15, -0.1) is 0 Å². The summed E-state index contributed by atoms with van der Waals surface area (Å²) in [6.07, 6.45) is 0. The minimum absolute atomic E-state index is 0.631. The fourth-order valence-electron chi connectivity index (χ4n) is 2.07. The van der Waals surface area contributed by atoms with E-state index < -0.39 is 0 Å². The third-order valence-electron chi connectivity index (χ3n) is 3.14. The molecular formula is C17H21NO2. The highest BCUT2D eigenvalue weighted by atomic mass is 16.5. The molecule has 3 nitrogen and oxygen atoms in total. The Morgan fingerprint density at radius 3 is 2.40 bits per heavy atom. The molecule has 0 bridgehead atoms. The van der Waals surface area contributed by atoms with Crippen LogP contribution in [0.15, 0.2) is 48.5 Å². The molecule has 2 aromatic carbocycles. The minimum Gasteiger partial charge on any atom is -0.496 e. The molecule has 0 aromatic heterocycles. The first kappa shape index (κ1) is 14.4. The van der Waals surface area contributed by atoms with E-state index in [0.717, 1.165) is 30.2 Å². The fraction of sp³-hybridized carbons (Fsp3) is 0.294. The van der Waals surface area contributed by atoms with Crippen LogP contribution in [0.4, 0.5) is 5.69 Å². The van der Waals surface area contributed by atoms with Gasteiger partial charge in [-0.25, -0.2) is 0 Å². The smallest absolute Gasteiger partial charge is 0.123 e. The van der Waals surface area contributed by atoms with Crippen molar-refractivity contribution in [3.8, 4) is 5.75 Å². The van der Waals surface area contributed by atoms with Gasteiger partial charge in [0.2, 0.25) is 0 Å². The molecule has 0 saturated carbocycles. The lowest BCUT2D eigenvalue weighted by Crippen LogP contribution is -2.04. The minimum atomic E-state index is 0.631. The van der Waals surface area contributed by atoms with Crippen molar-refractivity contribution in [1.82, 2.24) is 0 Å². The van der Waals surface area contributed by atoms with Crippen molar-refractivity contribution in [1.29, 1.82) is 0 Å². The summed E-state index contributed by atoms with van der Waals surface area (Å²) in [4.78, 5) is 0. The number of hydrogen-bond donors (Lipinski definition) is 1. The topological polar surface area (TPSA) is 30.5 Å². The molecule has 106 valence electrons. The lowest BCUT2D eigenvalue weighted by Gasteiger charge is -2.13. The average molecular weight is 271 g/mol. The fourth-order valence-corrected chi connectivity index (χ4v) is 2.07. The molecule has 1 N–H and O–H groups in total. The number of hydrogen-bond acceptors (Lipinski definition) is 3. The number of methoxy groups -OCH3 is 1. The monoisotopic (exact) mass is 271 g/mol. The summed E-state index contributed by atoms with van der Waals surface area (Å²) in [6, 6.07) is 16.3. The van der Waals surface area contributed by atoms with Gasteiger partial charge < -0.3 is 14.8 Å². The zero-order chi connectivity index (χ0) is 14.2. The van der Waals surface area contributed by atoms with Crippen LogP contribution in [0.25, 0.3) is 0 Å². The average Bonchev–Trinajstić information content (AvgIpc) is 2.52. The standard InChI is InChI=1S/C17H21NO2/c1-3-20-13-15-9-4-6-10-16(15)18-12-14-8-5-7-11-17(14)19-2/h4-11,18H,3,12-13H2,1-2H3. The highest BCUT2D eigenvalue weighted by Gasteiger charge is 2.04. The van der Waals surface area contributed by atoms with Crippen molar-refractivity contribution in [2.24, 2.45) is 0 Å². The second kappa shape index (κ2) is 7.56. The summed E-state index contributed by atoms with van der Waals surface area (Å²) >= 11 is 0. The van der Waals surface area contributed by atoms with E-state index in [0.29, 0.717) is 6.61 Å². The molecule has 0 radical (unpaired) electrons. The maximum Gasteiger partial charge on any atom is 0.123 e. The normalized spacial score (nSPS) is 10.3. The van der Waals surface area contributed by atoms with Gasteiger partial charge in [-0.3, -0.25) is 0 Å². The van der Waals surface area contributed by atoms with Gasteiger partial charge in [0.05, 0.1) is 13.7 Å². The van der Waals surface area contributed by atoms with Crippen molar-refractivity contribution in [2.45, 2.75) is 20.1 Å². The van der Waals surface area contributed by atoms with Gasteiger partial charge in [-0.1, -0.05) is 36.4 Å². The van der Waals surface area contributed by atoms with E-state index in [1.165, 1.54) is 5.56 Å². The zero-order valence-electron chi connectivity index (χ0n) is 12.1. The molecule has 0 aliphatic heterocycles. The van der Waals surface area contributed by atoms with Gasteiger partial charge in [-0.05, 0) is 19.1 Å². The van der Waals surface area contributed by atoms with Gasteiger partial charge >= 0.3 is 0 Å². The van der Waals surface area contributed by atoms with Crippen molar-refractivity contribution in [2.75, 3.05) is 19.0 Å². The van der Waals surface area contributed by atoms with Crippen LogP contribution >= 0.6 is 0 Å². The van der Waals surface area contributed by atoms with E-state index in [1.54, 1.807) is 7.11 Å². The molecule has 2 aromatic rings. The Morgan fingerprint density at radius 1 is 0.950 bits per heavy atom. The Kier molecular flexibility index (Phi) is 5.44. The van der Waals surface area contributed by atoms with Gasteiger partial charge in [0, 0.05) is 30.0 Å². The maximum atomic E-state index is 5.49. The van der Waals surface area contributed by atoms with Crippen LogP contribution in [0.5, 0.6) is 5.75 Å². The van der Waals surface area contributed by atoms with Crippen molar-refractivity contribution < 1.29 is 9.47 Å². The molecular weight excluding hydrogens is 250 g/mol. The first-order chi connectivity index (χ1) is 9.85. The Labute approximate surface area is 120 Å².